The number of hydrogen-bond acceptors (Lipinski definition) is 7. The van der Waals surface area contributed by atoms with Gasteiger partial charge in [0, 0.05) is 18.0 Å². The maximum absolute atomic E-state index is 13.3. The number of rotatable bonds is 6. The molecule has 2 aromatic rings. The molecule has 0 amide bonds. The van der Waals surface area contributed by atoms with Crippen LogP contribution in [0.1, 0.15) is 0 Å². The van der Waals surface area contributed by atoms with E-state index >= 15 is 0 Å². The van der Waals surface area contributed by atoms with Gasteiger partial charge in [0.2, 0.25) is 15.7 Å². The number of sulfone groups is 1. The monoisotopic (exact) mass is 377 g/mol. The zero-order chi connectivity index (χ0) is 19.3. The second kappa shape index (κ2) is 7.62. The molecule has 0 unspecified atom stereocenters. The Balaban J connectivity index is 2.34. The van der Waals surface area contributed by atoms with Gasteiger partial charge in [-0.1, -0.05) is 0 Å². The fraction of sp³-hybridized carbons (Fsp3) is 0.0625. The number of benzene rings is 2. The van der Waals surface area contributed by atoms with E-state index in [0.717, 1.165) is 18.3 Å². The lowest BCUT2D eigenvalue weighted by Gasteiger charge is -2.06. The predicted molar refractivity (Wildman–Crippen MR) is 90.6 cm³/mol. The fourth-order valence-electron chi connectivity index (χ4n) is 1.94. The van der Waals surface area contributed by atoms with Crippen molar-refractivity contribution in [3.05, 3.63) is 69.5 Å². The van der Waals surface area contributed by atoms with Crippen molar-refractivity contribution in [3.8, 4) is 11.8 Å². The Kier molecular flexibility index (Phi) is 5.54. The molecule has 0 atom stereocenters. The third kappa shape index (κ3) is 3.96. The highest BCUT2D eigenvalue weighted by Crippen LogP contribution is 2.24. The molecule has 0 aromatic heterocycles. The molecule has 0 aliphatic heterocycles. The van der Waals surface area contributed by atoms with Crippen molar-refractivity contribution in [2.45, 2.75) is 4.90 Å². The first-order chi connectivity index (χ1) is 12.3. The van der Waals surface area contributed by atoms with Crippen molar-refractivity contribution in [1.29, 1.82) is 5.26 Å². The summed E-state index contributed by atoms with van der Waals surface area (Å²) in [5.41, 5.74) is -0.726. The Morgan fingerprint density at radius 2 is 1.96 bits per heavy atom. The number of nitrogens with zero attached hydrogens (tertiary/aromatic N) is 2. The van der Waals surface area contributed by atoms with Crippen molar-refractivity contribution in [1.82, 2.24) is 0 Å². The Labute approximate surface area is 148 Å². The van der Waals surface area contributed by atoms with Crippen LogP contribution in [0.4, 0.5) is 15.8 Å². The number of methoxy groups -OCH3 is 1. The van der Waals surface area contributed by atoms with Gasteiger partial charge in [0.05, 0.1) is 16.9 Å². The molecular weight excluding hydrogens is 365 g/mol. The summed E-state index contributed by atoms with van der Waals surface area (Å²) < 4.78 is 43.2. The molecule has 8 nitrogen and oxygen atoms in total. The van der Waals surface area contributed by atoms with E-state index in [9.17, 15) is 22.9 Å². The average molecular weight is 377 g/mol. The molecule has 0 spiro atoms. The number of nitro benzene ring substituents is 1. The molecule has 0 aliphatic carbocycles. The van der Waals surface area contributed by atoms with Crippen LogP contribution >= 0.6 is 0 Å². The highest BCUT2D eigenvalue weighted by Gasteiger charge is 2.21. The summed E-state index contributed by atoms with van der Waals surface area (Å²) in [7, 11) is -2.68. The van der Waals surface area contributed by atoms with Crippen LogP contribution in [-0.2, 0) is 9.84 Å². The first-order valence-corrected chi connectivity index (χ1v) is 8.48. The van der Waals surface area contributed by atoms with Crippen LogP contribution in [0.2, 0.25) is 0 Å². The summed E-state index contributed by atoms with van der Waals surface area (Å²) in [6.07, 6.45) is 0.885. The molecule has 0 fully saturated rings. The van der Waals surface area contributed by atoms with Crippen LogP contribution in [0, 0.1) is 27.3 Å². The van der Waals surface area contributed by atoms with Gasteiger partial charge in [0.1, 0.15) is 11.8 Å². The summed E-state index contributed by atoms with van der Waals surface area (Å²) in [5, 5.41) is 22.3. The molecule has 2 rings (SSSR count). The van der Waals surface area contributed by atoms with E-state index in [-0.39, 0.29) is 10.6 Å². The molecule has 134 valence electrons. The Morgan fingerprint density at radius 1 is 1.31 bits per heavy atom. The molecule has 0 saturated carbocycles. The zero-order valence-electron chi connectivity index (χ0n) is 13.3. The minimum atomic E-state index is -4.11. The fourth-order valence-corrected chi connectivity index (χ4v) is 3.03. The number of nitro groups is 1. The van der Waals surface area contributed by atoms with E-state index in [1.807, 2.05) is 0 Å². The van der Waals surface area contributed by atoms with Gasteiger partial charge in [-0.2, -0.15) is 9.65 Å². The highest BCUT2D eigenvalue weighted by atomic mass is 32.2. The van der Waals surface area contributed by atoms with Crippen molar-refractivity contribution in [2.24, 2.45) is 0 Å². The largest absolute Gasteiger partial charge is 0.497 e. The van der Waals surface area contributed by atoms with Crippen LogP contribution in [-0.4, -0.2) is 20.5 Å². The third-order valence-corrected chi connectivity index (χ3v) is 4.96. The molecule has 2 aromatic carbocycles. The summed E-state index contributed by atoms with van der Waals surface area (Å²) in [4.78, 5) is 9.07. The van der Waals surface area contributed by atoms with Gasteiger partial charge in [-0.25, -0.2) is 8.42 Å². The van der Waals surface area contributed by atoms with E-state index in [0.29, 0.717) is 5.75 Å². The van der Waals surface area contributed by atoms with E-state index in [4.69, 9.17) is 10.00 Å². The summed E-state index contributed by atoms with van der Waals surface area (Å²) in [5.74, 6) is -0.584. The summed E-state index contributed by atoms with van der Waals surface area (Å²) in [6, 6.07) is 9.90. The first kappa shape index (κ1) is 18.9. The molecule has 26 heavy (non-hydrogen) atoms. The Bertz CT molecular complexity index is 1010. The van der Waals surface area contributed by atoms with Crippen LogP contribution in [0.25, 0.3) is 0 Å². The van der Waals surface area contributed by atoms with Gasteiger partial charge in [0.15, 0.2) is 4.91 Å². The minimum Gasteiger partial charge on any atom is -0.497 e. The second-order valence-electron chi connectivity index (χ2n) is 4.87. The highest BCUT2D eigenvalue weighted by molar-refractivity contribution is 7.95. The first-order valence-electron chi connectivity index (χ1n) is 6.99. The average Bonchev–Trinajstić information content (AvgIpc) is 2.63. The summed E-state index contributed by atoms with van der Waals surface area (Å²) in [6.45, 7) is 0. The molecule has 0 saturated heterocycles. The minimum absolute atomic E-state index is 0.0516. The molecule has 10 heteroatoms. The maximum Gasteiger partial charge on any atom is 0.306 e. The standard InChI is InChI=1S/C16H12FN3O5S/c1-25-12-3-5-13(6-4-12)26(23,24)14(9-18)10-19-11-2-7-15(17)16(8-11)20(21)22/h2-8,10,19H,1H3. The quantitative estimate of drug-likeness (QED) is 0.466. The van der Waals surface area contributed by atoms with E-state index < -0.39 is 31.2 Å². The molecule has 1 N–H and O–H groups in total. The van der Waals surface area contributed by atoms with E-state index in [2.05, 4.69) is 5.32 Å². The number of allylic oxidation sites excluding steroid dienone is 1. The molecule has 0 aliphatic rings. The van der Waals surface area contributed by atoms with Gasteiger partial charge in [-0.05, 0) is 36.4 Å². The SMILES string of the molecule is COc1ccc(S(=O)(=O)C(C#N)=CNc2ccc(F)c([N+](=O)[O-])c2)cc1. The number of hydrogen-bond donors (Lipinski definition) is 1. The second-order valence-corrected chi connectivity index (χ2v) is 6.79. The third-order valence-electron chi connectivity index (χ3n) is 3.28. The van der Waals surface area contributed by atoms with Crippen LogP contribution in [0.5, 0.6) is 5.75 Å². The molecular formula is C16H12FN3O5S. The topological polar surface area (TPSA) is 122 Å². The van der Waals surface area contributed by atoms with Gasteiger partial charge < -0.3 is 10.1 Å². The number of anilines is 1. The smallest absolute Gasteiger partial charge is 0.306 e. The van der Waals surface area contributed by atoms with Crippen LogP contribution in [0.15, 0.2) is 58.5 Å². The van der Waals surface area contributed by atoms with Crippen molar-refractivity contribution in [2.75, 3.05) is 12.4 Å². The molecule has 0 radical (unpaired) electrons. The van der Waals surface area contributed by atoms with Gasteiger partial charge >= 0.3 is 5.69 Å². The normalized spacial score (nSPS) is 11.5. The lowest BCUT2D eigenvalue weighted by molar-refractivity contribution is -0.387. The van der Waals surface area contributed by atoms with Gasteiger partial charge in [-0.3, -0.25) is 10.1 Å². The number of ether oxygens (including phenoxy) is 1. The van der Waals surface area contributed by atoms with E-state index in [1.165, 1.54) is 37.4 Å². The number of halogens is 1. The lowest BCUT2D eigenvalue weighted by Crippen LogP contribution is -2.06. The Morgan fingerprint density at radius 3 is 2.50 bits per heavy atom. The summed E-state index contributed by atoms with van der Waals surface area (Å²) >= 11 is 0. The zero-order valence-corrected chi connectivity index (χ0v) is 14.2. The van der Waals surface area contributed by atoms with Crippen LogP contribution < -0.4 is 10.1 Å². The number of nitrogens with one attached hydrogen (secondary N) is 1. The predicted octanol–water partition coefficient (Wildman–Crippen LogP) is 2.99. The molecule has 0 heterocycles. The van der Waals surface area contributed by atoms with Gasteiger partial charge in [-0.15, -0.1) is 0 Å². The van der Waals surface area contributed by atoms with E-state index in [1.54, 1.807) is 6.07 Å². The van der Waals surface area contributed by atoms with Crippen molar-refractivity contribution in [3.63, 3.8) is 0 Å². The van der Waals surface area contributed by atoms with Gasteiger partial charge in [0.25, 0.3) is 0 Å². The number of nitriles is 1. The van der Waals surface area contributed by atoms with Crippen molar-refractivity contribution < 1.29 is 22.5 Å². The maximum atomic E-state index is 13.3. The van der Waals surface area contributed by atoms with Crippen molar-refractivity contribution >= 4 is 21.2 Å². The Hall–Kier alpha value is -3.45. The van der Waals surface area contributed by atoms with Crippen LogP contribution in [0.3, 0.4) is 0 Å². The lowest BCUT2D eigenvalue weighted by atomic mass is 10.2. The molecule has 0 bridgehead atoms.